The molecule has 3 N–H and O–H groups in total. The topological polar surface area (TPSA) is 103 Å². The van der Waals surface area contributed by atoms with Gasteiger partial charge < -0.3 is 15.2 Å². The maximum atomic E-state index is 10.5. The molecule has 1 fully saturated rings. The molecule has 6 heteroatoms. The summed E-state index contributed by atoms with van der Waals surface area (Å²) in [6, 6.07) is 0. The SMILES string of the molecule is CCc1nc(C)c[nH]1.O=C(O)[C@H]1CC[C@H](C(=O)O)CC1. The fourth-order valence-corrected chi connectivity index (χ4v) is 2.23. The quantitative estimate of drug-likeness (QED) is 0.788. The highest BCUT2D eigenvalue weighted by Gasteiger charge is 2.29. The summed E-state index contributed by atoms with van der Waals surface area (Å²) in [5, 5.41) is 17.2. The Balaban J connectivity index is 0.000000217. The lowest BCUT2D eigenvalue weighted by molar-refractivity contribution is -0.148. The number of aliphatic carboxylic acids is 2. The lowest BCUT2D eigenvalue weighted by Gasteiger charge is -2.22. The zero-order valence-corrected chi connectivity index (χ0v) is 11.9. The molecule has 0 unspecified atom stereocenters. The predicted octanol–water partition coefficient (Wildman–Crippen LogP) is 2.24. The van der Waals surface area contributed by atoms with Crippen LogP contribution in [0.1, 0.15) is 44.1 Å². The van der Waals surface area contributed by atoms with Gasteiger partial charge in [-0.25, -0.2) is 4.98 Å². The van der Waals surface area contributed by atoms with E-state index in [4.69, 9.17) is 10.2 Å². The maximum absolute atomic E-state index is 10.5. The third kappa shape index (κ3) is 5.03. The molecule has 1 aromatic heterocycles. The van der Waals surface area contributed by atoms with Gasteiger partial charge in [-0.2, -0.15) is 0 Å². The second kappa shape index (κ2) is 7.67. The molecule has 1 saturated carbocycles. The summed E-state index contributed by atoms with van der Waals surface area (Å²) in [6.45, 7) is 4.06. The maximum Gasteiger partial charge on any atom is 0.306 e. The highest BCUT2D eigenvalue weighted by molar-refractivity contribution is 5.72. The molecule has 1 aromatic rings. The summed E-state index contributed by atoms with van der Waals surface area (Å²) in [7, 11) is 0. The number of rotatable bonds is 3. The Morgan fingerprint density at radius 2 is 1.65 bits per heavy atom. The number of aromatic amines is 1. The molecule has 20 heavy (non-hydrogen) atoms. The number of aryl methyl sites for hydroxylation is 2. The van der Waals surface area contributed by atoms with Gasteiger partial charge in [0.2, 0.25) is 0 Å². The lowest BCUT2D eigenvalue weighted by Crippen LogP contribution is -2.25. The minimum atomic E-state index is -0.793. The molecule has 1 heterocycles. The van der Waals surface area contributed by atoms with E-state index in [2.05, 4.69) is 16.9 Å². The van der Waals surface area contributed by atoms with Gasteiger partial charge in [-0.1, -0.05) is 6.92 Å². The predicted molar refractivity (Wildman–Crippen MR) is 73.4 cm³/mol. The van der Waals surface area contributed by atoms with Gasteiger partial charge in [0.1, 0.15) is 5.82 Å². The van der Waals surface area contributed by atoms with E-state index in [-0.39, 0.29) is 11.8 Å². The van der Waals surface area contributed by atoms with Crippen molar-refractivity contribution in [1.29, 1.82) is 0 Å². The molecule has 0 radical (unpaired) electrons. The van der Waals surface area contributed by atoms with Gasteiger partial charge in [-0.05, 0) is 32.6 Å². The van der Waals surface area contributed by atoms with E-state index in [0.717, 1.165) is 17.9 Å². The Morgan fingerprint density at radius 3 is 1.85 bits per heavy atom. The van der Waals surface area contributed by atoms with Gasteiger partial charge in [0.25, 0.3) is 0 Å². The van der Waals surface area contributed by atoms with Crippen LogP contribution in [0.3, 0.4) is 0 Å². The number of hydrogen-bond acceptors (Lipinski definition) is 3. The van der Waals surface area contributed by atoms with E-state index in [9.17, 15) is 9.59 Å². The lowest BCUT2D eigenvalue weighted by atomic mass is 9.82. The Morgan fingerprint density at radius 1 is 1.20 bits per heavy atom. The van der Waals surface area contributed by atoms with Gasteiger partial charge in [-0.3, -0.25) is 9.59 Å². The average molecular weight is 282 g/mol. The van der Waals surface area contributed by atoms with E-state index in [0.29, 0.717) is 25.7 Å². The van der Waals surface area contributed by atoms with E-state index in [1.807, 2.05) is 13.1 Å². The molecule has 6 nitrogen and oxygen atoms in total. The molecule has 0 saturated heterocycles. The van der Waals surface area contributed by atoms with Crippen LogP contribution in [-0.4, -0.2) is 32.1 Å². The Labute approximate surface area is 118 Å². The largest absolute Gasteiger partial charge is 0.481 e. The van der Waals surface area contributed by atoms with Crippen molar-refractivity contribution in [3.63, 3.8) is 0 Å². The molecule has 0 atom stereocenters. The van der Waals surface area contributed by atoms with Crippen LogP contribution in [0, 0.1) is 18.8 Å². The van der Waals surface area contributed by atoms with Crippen LogP contribution in [0.25, 0.3) is 0 Å². The van der Waals surface area contributed by atoms with Crippen molar-refractivity contribution in [3.05, 3.63) is 17.7 Å². The molecule has 0 spiro atoms. The van der Waals surface area contributed by atoms with E-state index < -0.39 is 11.9 Å². The van der Waals surface area contributed by atoms with Crippen LogP contribution in [0.2, 0.25) is 0 Å². The second-order valence-corrected chi connectivity index (χ2v) is 5.07. The molecule has 1 aliphatic carbocycles. The Hall–Kier alpha value is -1.85. The van der Waals surface area contributed by atoms with Crippen molar-refractivity contribution in [2.75, 3.05) is 0 Å². The number of nitrogens with zero attached hydrogens (tertiary/aromatic N) is 1. The number of carboxylic acid groups (broad SMARTS) is 2. The minimum Gasteiger partial charge on any atom is -0.481 e. The smallest absolute Gasteiger partial charge is 0.306 e. The molecular formula is C14H22N2O4. The van der Waals surface area contributed by atoms with Gasteiger partial charge in [0.15, 0.2) is 0 Å². The summed E-state index contributed by atoms with van der Waals surface area (Å²) in [4.78, 5) is 28.2. The minimum absolute atomic E-state index is 0.319. The van der Waals surface area contributed by atoms with Crippen molar-refractivity contribution < 1.29 is 19.8 Å². The molecule has 0 amide bonds. The standard InChI is InChI=1S/C8H12O4.C6H10N2/c9-7(10)5-1-2-6(4-3-5)8(11)12;1-3-6-7-4-5(2)8-6/h5-6H,1-4H2,(H,9,10)(H,11,12);4H,3H2,1-2H3,(H,7,8)/t5-,6-;. The summed E-state index contributed by atoms with van der Waals surface area (Å²) >= 11 is 0. The van der Waals surface area contributed by atoms with E-state index in [1.165, 1.54) is 0 Å². The first-order valence-electron chi connectivity index (χ1n) is 6.90. The normalized spacial score (nSPS) is 21.7. The van der Waals surface area contributed by atoms with E-state index in [1.54, 1.807) is 0 Å². The molecule has 2 rings (SSSR count). The number of hydrogen-bond donors (Lipinski definition) is 3. The number of carboxylic acids is 2. The molecule has 0 bridgehead atoms. The van der Waals surface area contributed by atoms with Gasteiger partial charge in [-0.15, -0.1) is 0 Å². The number of imidazole rings is 1. The van der Waals surface area contributed by atoms with Crippen LogP contribution >= 0.6 is 0 Å². The summed E-state index contributed by atoms with van der Waals surface area (Å²) in [6.07, 6.45) is 4.93. The first-order valence-corrected chi connectivity index (χ1v) is 6.90. The van der Waals surface area contributed by atoms with Crippen molar-refractivity contribution in [2.24, 2.45) is 11.8 Å². The number of H-pyrrole nitrogens is 1. The highest BCUT2D eigenvalue weighted by Crippen LogP contribution is 2.28. The molecule has 0 aliphatic heterocycles. The molecule has 1 aliphatic rings. The van der Waals surface area contributed by atoms with Crippen LogP contribution < -0.4 is 0 Å². The third-order valence-electron chi connectivity index (χ3n) is 3.52. The fourth-order valence-electron chi connectivity index (χ4n) is 2.23. The molecule has 0 aromatic carbocycles. The third-order valence-corrected chi connectivity index (χ3v) is 3.52. The van der Waals surface area contributed by atoms with Crippen molar-refractivity contribution in [2.45, 2.75) is 46.0 Å². The highest BCUT2D eigenvalue weighted by atomic mass is 16.4. The fraction of sp³-hybridized carbons (Fsp3) is 0.643. The van der Waals surface area contributed by atoms with Gasteiger partial charge in [0.05, 0.1) is 17.5 Å². The van der Waals surface area contributed by atoms with Gasteiger partial charge >= 0.3 is 11.9 Å². The summed E-state index contributed by atoms with van der Waals surface area (Å²) in [5.74, 6) is -1.15. The second-order valence-electron chi connectivity index (χ2n) is 5.07. The van der Waals surface area contributed by atoms with Crippen LogP contribution in [0.15, 0.2) is 6.20 Å². The molecular weight excluding hydrogens is 260 g/mol. The van der Waals surface area contributed by atoms with Crippen LogP contribution in [0.4, 0.5) is 0 Å². The zero-order valence-electron chi connectivity index (χ0n) is 11.9. The average Bonchev–Trinajstić information content (AvgIpc) is 2.85. The first-order chi connectivity index (χ1) is 9.43. The Kier molecular flexibility index (Phi) is 6.21. The summed E-state index contributed by atoms with van der Waals surface area (Å²) in [5.41, 5.74) is 1.07. The number of aromatic nitrogens is 2. The van der Waals surface area contributed by atoms with Crippen molar-refractivity contribution in [3.8, 4) is 0 Å². The van der Waals surface area contributed by atoms with Gasteiger partial charge in [0, 0.05) is 12.6 Å². The van der Waals surface area contributed by atoms with Crippen LogP contribution in [-0.2, 0) is 16.0 Å². The Bertz CT molecular complexity index is 426. The number of nitrogens with one attached hydrogen (secondary N) is 1. The first kappa shape index (κ1) is 16.2. The summed E-state index contributed by atoms with van der Waals surface area (Å²) < 4.78 is 0. The number of carbonyl (C=O) groups is 2. The van der Waals surface area contributed by atoms with E-state index >= 15 is 0 Å². The van der Waals surface area contributed by atoms with Crippen LogP contribution in [0.5, 0.6) is 0 Å². The monoisotopic (exact) mass is 282 g/mol. The zero-order chi connectivity index (χ0) is 15.1. The van der Waals surface area contributed by atoms with Crippen molar-refractivity contribution in [1.82, 2.24) is 9.97 Å². The molecule has 112 valence electrons. The van der Waals surface area contributed by atoms with Crippen molar-refractivity contribution >= 4 is 11.9 Å².